The lowest BCUT2D eigenvalue weighted by molar-refractivity contribution is -0.139. The van der Waals surface area contributed by atoms with Crippen molar-refractivity contribution >= 4 is 35.1 Å². The van der Waals surface area contributed by atoms with Crippen molar-refractivity contribution in [1.29, 1.82) is 0 Å². The predicted molar refractivity (Wildman–Crippen MR) is 125 cm³/mol. The number of urea groups is 1. The van der Waals surface area contributed by atoms with Gasteiger partial charge in [0.15, 0.2) is 0 Å². The van der Waals surface area contributed by atoms with Gasteiger partial charge < -0.3 is 15.1 Å². The number of hydrogen-bond acceptors (Lipinski definition) is 5. The van der Waals surface area contributed by atoms with Crippen LogP contribution in [0.1, 0.15) is 47.5 Å². The third-order valence-corrected chi connectivity index (χ3v) is 7.23. The molecule has 1 aromatic carbocycles. The number of carbonyl (C=O) groups is 4. The van der Waals surface area contributed by atoms with Gasteiger partial charge in [0.05, 0.1) is 4.88 Å². The van der Waals surface area contributed by atoms with Gasteiger partial charge in [-0.2, -0.15) is 0 Å². The highest BCUT2D eigenvalue weighted by Gasteiger charge is 2.49. The lowest BCUT2D eigenvalue weighted by Crippen LogP contribution is -2.53. The average molecular weight is 469 g/mol. The molecular formula is C24H28N4O4S. The SMILES string of the molecule is CC(C)c1ccc([C@@]2(C)NC(=O)N(CC(=O)N3CCN(C(=O)c4cccs4)CC3)C2=O)cc1. The third kappa shape index (κ3) is 4.37. The summed E-state index contributed by atoms with van der Waals surface area (Å²) in [5.41, 5.74) is 0.613. The number of carbonyl (C=O) groups excluding carboxylic acids is 4. The first-order chi connectivity index (χ1) is 15.7. The van der Waals surface area contributed by atoms with Crippen molar-refractivity contribution in [3.8, 4) is 0 Å². The fraction of sp³-hybridized carbons (Fsp3) is 0.417. The number of nitrogens with zero attached hydrogens (tertiary/aromatic N) is 3. The van der Waals surface area contributed by atoms with E-state index in [4.69, 9.17) is 0 Å². The maximum absolute atomic E-state index is 13.2. The zero-order valence-electron chi connectivity index (χ0n) is 19.0. The Bertz CT molecular complexity index is 1060. The molecule has 1 aromatic heterocycles. The first-order valence-corrected chi connectivity index (χ1v) is 11.9. The van der Waals surface area contributed by atoms with Gasteiger partial charge in [0, 0.05) is 26.2 Å². The van der Waals surface area contributed by atoms with Crippen molar-refractivity contribution in [2.24, 2.45) is 0 Å². The van der Waals surface area contributed by atoms with Crippen LogP contribution < -0.4 is 5.32 Å². The zero-order chi connectivity index (χ0) is 23.8. The molecule has 0 bridgehead atoms. The van der Waals surface area contributed by atoms with E-state index in [0.717, 1.165) is 10.5 Å². The van der Waals surface area contributed by atoms with Crippen LogP contribution in [0.4, 0.5) is 4.79 Å². The van der Waals surface area contributed by atoms with E-state index in [1.165, 1.54) is 11.3 Å². The van der Waals surface area contributed by atoms with Crippen LogP contribution in [-0.2, 0) is 15.1 Å². The highest BCUT2D eigenvalue weighted by molar-refractivity contribution is 7.12. The van der Waals surface area contributed by atoms with Gasteiger partial charge in [0.1, 0.15) is 12.1 Å². The average Bonchev–Trinajstić information content (AvgIpc) is 3.42. The highest BCUT2D eigenvalue weighted by atomic mass is 32.1. The summed E-state index contributed by atoms with van der Waals surface area (Å²) in [6, 6.07) is 10.7. The molecule has 5 amide bonds. The second-order valence-corrected chi connectivity index (χ2v) is 9.82. The van der Waals surface area contributed by atoms with E-state index in [0.29, 0.717) is 42.5 Å². The van der Waals surface area contributed by atoms with E-state index >= 15 is 0 Å². The van der Waals surface area contributed by atoms with Crippen LogP contribution in [0, 0.1) is 0 Å². The predicted octanol–water partition coefficient (Wildman–Crippen LogP) is 2.62. The molecule has 8 nitrogen and oxygen atoms in total. The molecule has 2 aliphatic rings. The largest absolute Gasteiger partial charge is 0.338 e. The normalized spacial score (nSPS) is 21.0. The van der Waals surface area contributed by atoms with Crippen LogP contribution in [0.15, 0.2) is 41.8 Å². The van der Waals surface area contributed by atoms with Crippen molar-refractivity contribution in [3.63, 3.8) is 0 Å². The van der Waals surface area contributed by atoms with E-state index in [9.17, 15) is 19.2 Å². The Morgan fingerprint density at radius 2 is 1.67 bits per heavy atom. The molecule has 0 saturated carbocycles. The maximum atomic E-state index is 13.2. The molecule has 2 saturated heterocycles. The summed E-state index contributed by atoms with van der Waals surface area (Å²) in [6.07, 6.45) is 0. The van der Waals surface area contributed by atoms with Crippen LogP contribution in [-0.4, -0.2) is 71.2 Å². The second-order valence-electron chi connectivity index (χ2n) is 8.87. The Morgan fingerprint density at radius 3 is 2.24 bits per heavy atom. The molecule has 9 heteroatoms. The topological polar surface area (TPSA) is 90.0 Å². The first kappa shape index (κ1) is 23.0. The molecule has 0 aliphatic carbocycles. The summed E-state index contributed by atoms with van der Waals surface area (Å²) in [4.78, 5) is 56.1. The van der Waals surface area contributed by atoms with Crippen molar-refractivity contribution in [1.82, 2.24) is 20.0 Å². The van der Waals surface area contributed by atoms with Crippen molar-refractivity contribution in [2.45, 2.75) is 32.2 Å². The molecule has 174 valence electrons. The summed E-state index contributed by atoms with van der Waals surface area (Å²) in [7, 11) is 0. The monoisotopic (exact) mass is 468 g/mol. The molecular weight excluding hydrogens is 440 g/mol. The second kappa shape index (κ2) is 8.97. The minimum absolute atomic E-state index is 0.0366. The fourth-order valence-corrected chi connectivity index (χ4v) is 4.88. The molecule has 3 heterocycles. The number of piperazine rings is 1. The summed E-state index contributed by atoms with van der Waals surface area (Å²) >= 11 is 1.39. The molecule has 33 heavy (non-hydrogen) atoms. The Morgan fingerprint density at radius 1 is 1.03 bits per heavy atom. The Kier molecular flexibility index (Phi) is 6.25. The minimum atomic E-state index is -1.21. The smallest absolute Gasteiger partial charge is 0.325 e. The molecule has 0 spiro atoms. The van der Waals surface area contributed by atoms with E-state index in [1.54, 1.807) is 22.8 Å². The molecule has 1 N–H and O–H groups in total. The molecule has 2 fully saturated rings. The first-order valence-electron chi connectivity index (χ1n) is 11.1. The lowest BCUT2D eigenvalue weighted by atomic mass is 9.90. The number of hydrogen-bond donors (Lipinski definition) is 1. The quantitative estimate of drug-likeness (QED) is 0.683. The number of rotatable bonds is 5. The van der Waals surface area contributed by atoms with Gasteiger partial charge in [-0.3, -0.25) is 19.3 Å². The Hall–Kier alpha value is -3.20. The molecule has 0 unspecified atom stereocenters. The van der Waals surface area contributed by atoms with Gasteiger partial charge in [-0.05, 0) is 35.4 Å². The number of amides is 5. The standard InChI is InChI=1S/C24H28N4O4S/c1-16(2)17-6-8-18(9-7-17)24(3)22(31)28(23(32)25-24)15-20(29)26-10-12-27(13-11-26)21(30)19-5-4-14-33-19/h4-9,14,16H,10-13,15H2,1-3H3,(H,25,32)/t24-/m1/s1. The van der Waals surface area contributed by atoms with Gasteiger partial charge in [-0.1, -0.05) is 44.2 Å². The van der Waals surface area contributed by atoms with Gasteiger partial charge in [0.2, 0.25) is 5.91 Å². The lowest BCUT2D eigenvalue weighted by Gasteiger charge is -2.35. The van der Waals surface area contributed by atoms with E-state index in [1.807, 2.05) is 35.7 Å². The van der Waals surface area contributed by atoms with Crippen LogP contribution in [0.3, 0.4) is 0 Å². The maximum Gasteiger partial charge on any atom is 0.325 e. The van der Waals surface area contributed by atoms with E-state index in [-0.39, 0.29) is 18.4 Å². The number of benzene rings is 1. The molecule has 2 aromatic rings. The summed E-state index contributed by atoms with van der Waals surface area (Å²) in [6.45, 7) is 7.10. The molecule has 4 rings (SSSR count). The van der Waals surface area contributed by atoms with Crippen molar-refractivity contribution in [2.75, 3.05) is 32.7 Å². The van der Waals surface area contributed by atoms with E-state index < -0.39 is 17.5 Å². The highest BCUT2D eigenvalue weighted by Crippen LogP contribution is 2.30. The Labute approximate surface area is 197 Å². The van der Waals surface area contributed by atoms with Crippen molar-refractivity contribution in [3.05, 3.63) is 57.8 Å². The minimum Gasteiger partial charge on any atom is -0.338 e. The molecule has 1 atom stereocenters. The number of nitrogens with one attached hydrogen (secondary N) is 1. The molecule has 2 aliphatic heterocycles. The van der Waals surface area contributed by atoms with Gasteiger partial charge in [0.25, 0.3) is 11.8 Å². The fourth-order valence-electron chi connectivity index (χ4n) is 4.19. The van der Waals surface area contributed by atoms with E-state index in [2.05, 4.69) is 19.2 Å². The van der Waals surface area contributed by atoms with Gasteiger partial charge in [-0.15, -0.1) is 11.3 Å². The Balaban J connectivity index is 1.38. The van der Waals surface area contributed by atoms with Crippen LogP contribution in [0.25, 0.3) is 0 Å². The number of imide groups is 1. The third-order valence-electron chi connectivity index (χ3n) is 6.37. The number of thiophene rings is 1. The van der Waals surface area contributed by atoms with Gasteiger partial charge in [-0.25, -0.2) is 4.79 Å². The van der Waals surface area contributed by atoms with Crippen LogP contribution in [0.5, 0.6) is 0 Å². The van der Waals surface area contributed by atoms with Crippen molar-refractivity contribution < 1.29 is 19.2 Å². The summed E-state index contributed by atoms with van der Waals surface area (Å²) in [5, 5.41) is 4.61. The van der Waals surface area contributed by atoms with Crippen LogP contribution in [0.2, 0.25) is 0 Å². The van der Waals surface area contributed by atoms with Crippen LogP contribution >= 0.6 is 11.3 Å². The summed E-state index contributed by atoms with van der Waals surface area (Å²) < 4.78 is 0. The zero-order valence-corrected chi connectivity index (χ0v) is 19.9. The van der Waals surface area contributed by atoms with Gasteiger partial charge >= 0.3 is 6.03 Å². The summed E-state index contributed by atoms with van der Waals surface area (Å²) in [5.74, 6) is -0.424. The molecule has 0 radical (unpaired) electrons.